The number of carboxylic acid groups (broad SMARTS) is 1. The normalized spacial score (nSPS) is 11.7. The summed E-state index contributed by atoms with van der Waals surface area (Å²) in [5.74, 6) is -0.907. The van der Waals surface area contributed by atoms with Gasteiger partial charge in [0.05, 0.1) is 11.5 Å². The predicted octanol–water partition coefficient (Wildman–Crippen LogP) is 0.244. The minimum absolute atomic E-state index is 0.00286. The monoisotopic (exact) mass is 301 g/mol. The van der Waals surface area contributed by atoms with Crippen molar-refractivity contribution in [1.29, 1.82) is 0 Å². The molecule has 1 rings (SSSR count). The molecule has 0 aliphatic heterocycles. The smallest absolute Gasteiger partial charge is 0.325 e. The third-order valence-corrected chi connectivity index (χ3v) is 3.04. The van der Waals surface area contributed by atoms with Crippen LogP contribution in [0.15, 0.2) is 10.6 Å². The molecule has 2 amide bonds. The van der Waals surface area contributed by atoms with Gasteiger partial charge in [0.15, 0.2) is 5.82 Å². The number of carbonyl (C=O) groups excluding carboxylic acids is 2. The molecule has 0 bridgehead atoms. The van der Waals surface area contributed by atoms with Crippen molar-refractivity contribution in [3.8, 4) is 0 Å². The standard InChI is InChI=1S/C11H15N3O5S/c1-6-3-8(14-19-6)13-10(16)5-20-4-9(15)12-7(2)11(17)18/h3,7H,4-5H2,1-2H3,(H,12,15)(H,17,18)(H,13,14,16). The third-order valence-electron chi connectivity index (χ3n) is 2.11. The van der Waals surface area contributed by atoms with E-state index in [2.05, 4.69) is 15.8 Å². The number of anilines is 1. The van der Waals surface area contributed by atoms with Crippen LogP contribution in [0.1, 0.15) is 12.7 Å². The van der Waals surface area contributed by atoms with Crippen molar-refractivity contribution in [2.45, 2.75) is 19.9 Å². The molecule has 1 heterocycles. The van der Waals surface area contributed by atoms with Crippen molar-refractivity contribution < 1.29 is 24.0 Å². The number of thioether (sulfide) groups is 1. The Hall–Kier alpha value is -2.03. The molecule has 1 aromatic heterocycles. The van der Waals surface area contributed by atoms with Gasteiger partial charge < -0.3 is 20.3 Å². The number of carbonyl (C=O) groups is 3. The summed E-state index contributed by atoms with van der Waals surface area (Å²) in [4.78, 5) is 33.4. The second-order valence-electron chi connectivity index (χ2n) is 3.99. The maximum atomic E-state index is 11.5. The van der Waals surface area contributed by atoms with E-state index in [1.165, 1.54) is 6.92 Å². The van der Waals surface area contributed by atoms with Crippen LogP contribution in [0.5, 0.6) is 0 Å². The Morgan fingerprint density at radius 1 is 1.40 bits per heavy atom. The number of aryl methyl sites for hydroxylation is 1. The zero-order valence-corrected chi connectivity index (χ0v) is 11.8. The van der Waals surface area contributed by atoms with Crippen molar-refractivity contribution >= 4 is 35.4 Å². The fourth-order valence-corrected chi connectivity index (χ4v) is 1.81. The number of nitrogens with one attached hydrogen (secondary N) is 2. The SMILES string of the molecule is Cc1cc(NC(=O)CSCC(=O)NC(C)C(=O)O)no1. The number of amides is 2. The van der Waals surface area contributed by atoms with E-state index in [1.54, 1.807) is 13.0 Å². The zero-order valence-electron chi connectivity index (χ0n) is 11.0. The van der Waals surface area contributed by atoms with Gasteiger partial charge in [0.1, 0.15) is 11.8 Å². The third kappa shape index (κ3) is 5.74. The molecule has 0 spiro atoms. The van der Waals surface area contributed by atoms with Gasteiger partial charge in [0.25, 0.3) is 0 Å². The van der Waals surface area contributed by atoms with Gasteiger partial charge in [0.2, 0.25) is 11.8 Å². The van der Waals surface area contributed by atoms with Crippen molar-refractivity contribution in [2.24, 2.45) is 0 Å². The Morgan fingerprint density at radius 3 is 2.60 bits per heavy atom. The minimum Gasteiger partial charge on any atom is -0.480 e. The molecule has 1 atom stereocenters. The molecule has 9 heteroatoms. The minimum atomic E-state index is -1.11. The Bertz CT molecular complexity index is 502. The van der Waals surface area contributed by atoms with Crippen LogP contribution in [-0.4, -0.2) is 45.6 Å². The summed E-state index contributed by atoms with van der Waals surface area (Å²) >= 11 is 1.07. The molecule has 1 aromatic rings. The van der Waals surface area contributed by atoms with E-state index in [1.807, 2.05) is 0 Å². The van der Waals surface area contributed by atoms with E-state index in [0.29, 0.717) is 11.6 Å². The highest BCUT2D eigenvalue weighted by Gasteiger charge is 2.14. The molecule has 0 saturated heterocycles. The summed E-state index contributed by atoms with van der Waals surface area (Å²) in [6.45, 7) is 3.07. The highest BCUT2D eigenvalue weighted by molar-refractivity contribution is 8.00. The molecule has 0 aliphatic rings. The first-order chi connectivity index (χ1) is 9.38. The lowest BCUT2D eigenvalue weighted by Gasteiger charge is -2.08. The van der Waals surface area contributed by atoms with Gasteiger partial charge in [-0.05, 0) is 13.8 Å². The number of aromatic nitrogens is 1. The van der Waals surface area contributed by atoms with Gasteiger partial charge in [-0.1, -0.05) is 5.16 Å². The Balaban J connectivity index is 2.21. The molecule has 110 valence electrons. The molecule has 3 N–H and O–H groups in total. The van der Waals surface area contributed by atoms with E-state index < -0.39 is 17.9 Å². The lowest BCUT2D eigenvalue weighted by atomic mass is 10.3. The first kappa shape index (κ1) is 16.0. The highest BCUT2D eigenvalue weighted by atomic mass is 32.2. The molecular formula is C11H15N3O5S. The maximum Gasteiger partial charge on any atom is 0.325 e. The Morgan fingerprint density at radius 2 is 2.05 bits per heavy atom. The predicted molar refractivity (Wildman–Crippen MR) is 72.4 cm³/mol. The van der Waals surface area contributed by atoms with E-state index in [9.17, 15) is 14.4 Å². The van der Waals surface area contributed by atoms with Crippen LogP contribution in [0.25, 0.3) is 0 Å². The fraction of sp³-hybridized carbons (Fsp3) is 0.455. The number of aliphatic carboxylic acids is 1. The van der Waals surface area contributed by atoms with Crippen molar-refractivity contribution in [3.63, 3.8) is 0 Å². The maximum absolute atomic E-state index is 11.5. The first-order valence-corrected chi connectivity index (χ1v) is 6.87. The molecular weight excluding hydrogens is 286 g/mol. The molecule has 8 nitrogen and oxygen atoms in total. The lowest BCUT2D eigenvalue weighted by molar-refractivity contribution is -0.140. The topological polar surface area (TPSA) is 122 Å². The van der Waals surface area contributed by atoms with Crippen LogP contribution in [0.2, 0.25) is 0 Å². The average molecular weight is 301 g/mol. The van der Waals surface area contributed by atoms with Crippen LogP contribution in [0.4, 0.5) is 5.82 Å². The van der Waals surface area contributed by atoms with Gasteiger partial charge in [-0.2, -0.15) is 0 Å². The van der Waals surface area contributed by atoms with Gasteiger partial charge in [-0.3, -0.25) is 14.4 Å². The summed E-state index contributed by atoms with van der Waals surface area (Å²) in [6, 6.07) is 0.624. The lowest BCUT2D eigenvalue weighted by Crippen LogP contribution is -2.39. The fourth-order valence-electron chi connectivity index (χ4n) is 1.19. The molecule has 1 unspecified atom stereocenters. The summed E-state index contributed by atoms with van der Waals surface area (Å²) in [5.41, 5.74) is 0. The molecule has 0 aliphatic carbocycles. The van der Waals surface area contributed by atoms with Crippen LogP contribution >= 0.6 is 11.8 Å². The number of rotatable bonds is 7. The molecule has 20 heavy (non-hydrogen) atoms. The Labute approximate surface area is 119 Å². The Kier molecular flexibility index (Phi) is 6.04. The quantitative estimate of drug-likeness (QED) is 0.659. The van der Waals surface area contributed by atoms with Crippen molar-refractivity contribution in [3.05, 3.63) is 11.8 Å². The molecule has 0 saturated carbocycles. The number of nitrogens with zero attached hydrogens (tertiary/aromatic N) is 1. The molecule has 0 aromatic carbocycles. The van der Waals surface area contributed by atoms with Crippen molar-refractivity contribution in [2.75, 3.05) is 16.8 Å². The van der Waals surface area contributed by atoms with E-state index >= 15 is 0 Å². The van der Waals surface area contributed by atoms with Gasteiger partial charge in [-0.25, -0.2) is 0 Å². The van der Waals surface area contributed by atoms with Gasteiger partial charge in [-0.15, -0.1) is 11.8 Å². The van der Waals surface area contributed by atoms with Crippen LogP contribution in [0, 0.1) is 6.92 Å². The molecule has 0 fully saturated rings. The van der Waals surface area contributed by atoms with E-state index in [4.69, 9.17) is 9.63 Å². The summed E-state index contributed by atoms with van der Waals surface area (Å²) in [5, 5.41) is 17.0. The first-order valence-electron chi connectivity index (χ1n) is 5.71. The number of hydrogen-bond acceptors (Lipinski definition) is 6. The number of carboxylic acids is 1. The zero-order chi connectivity index (χ0) is 15.1. The number of hydrogen-bond donors (Lipinski definition) is 3. The average Bonchev–Trinajstić information content (AvgIpc) is 2.74. The van der Waals surface area contributed by atoms with Crippen LogP contribution < -0.4 is 10.6 Å². The highest BCUT2D eigenvalue weighted by Crippen LogP contribution is 2.08. The van der Waals surface area contributed by atoms with Crippen LogP contribution in [0.3, 0.4) is 0 Å². The van der Waals surface area contributed by atoms with Crippen molar-refractivity contribution in [1.82, 2.24) is 10.5 Å². The van der Waals surface area contributed by atoms with Crippen LogP contribution in [-0.2, 0) is 14.4 Å². The second kappa shape index (κ2) is 7.53. The summed E-state index contributed by atoms with van der Waals surface area (Å²) < 4.78 is 4.78. The second-order valence-corrected chi connectivity index (χ2v) is 4.98. The molecule has 0 radical (unpaired) electrons. The van der Waals surface area contributed by atoms with Gasteiger partial charge >= 0.3 is 5.97 Å². The largest absolute Gasteiger partial charge is 0.480 e. The summed E-state index contributed by atoms with van der Waals surface area (Å²) in [6.07, 6.45) is 0. The summed E-state index contributed by atoms with van der Waals surface area (Å²) in [7, 11) is 0. The van der Waals surface area contributed by atoms with E-state index in [-0.39, 0.29) is 17.4 Å². The van der Waals surface area contributed by atoms with Gasteiger partial charge in [0, 0.05) is 6.07 Å². The van der Waals surface area contributed by atoms with E-state index in [0.717, 1.165) is 11.8 Å².